The molecule has 2 heterocycles. The maximum Gasteiger partial charge on any atom is 0.326 e. The zero-order valence-corrected chi connectivity index (χ0v) is 47.8. The fraction of sp³-hybridized carbons (Fsp3) is 0.627. The topological polar surface area (TPSA) is 482 Å². The first-order valence-electron chi connectivity index (χ1n) is 27.2. The minimum atomic E-state index is -1.77. The molecule has 5 amide bonds. The second-order valence-electron chi connectivity index (χ2n) is 20.6. The van der Waals surface area contributed by atoms with E-state index in [-0.39, 0.29) is 128 Å². The van der Waals surface area contributed by atoms with E-state index in [2.05, 4.69) is 36.9 Å². The standard InChI is InChI=1S/C51H80N14O18S/c1-30(2)23-34(44(76)60-36(29-66)46(78)58-33(48(80)81)5-3-13-54-50(52)53)59-45(77)35(24-40(68)69)57-39(67)25-55-47(79)37-6-4-14-65(37)51(84)56-32-10-7-31(8-11-32)9-12-38(49(82)83)64-21-19-62(27-42(72)73)17-15-61(26-41(70)71)16-18-63(20-22-64)28-43(74)75/h7-8,10-11,30,33-38,66H,3-6,9,12-29H2,1-2H3,(H,55,79)(H,56,84)(H,57,67)(H,58,78)(H,59,77)(H,60,76)(H,68,69)(H,70,71)(H,72,73)(H,74,75)(H,80,81)(H,82,83)(H4,52,53,54)/t33-,34-,35-,36-,37-,38?/m0/s1. The van der Waals surface area contributed by atoms with Gasteiger partial charge < -0.3 is 84.0 Å². The van der Waals surface area contributed by atoms with Crippen LogP contribution in [0.1, 0.15) is 64.4 Å². The van der Waals surface area contributed by atoms with E-state index in [9.17, 15) is 88.5 Å². The summed E-state index contributed by atoms with van der Waals surface area (Å²) in [6.07, 6.45) is 0.305. The monoisotopic (exact) mass is 1210 g/mol. The van der Waals surface area contributed by atoms with Gasteiger partial charge in [0.05, 0.1) is 39.2 Å². The number of benzene rings is 1. The number of nitrogens with zero attached hydrogens (tertiary/aromatic N) is 6. The lowest BCUT2D eigenvalue weighted by atomic mass is 10.0. The lowest BCUT2D eigenvalue weighted by Gasteiger charge is -2.35. The van der Waals surface area contributed by atoms with Crippen molar-refractivity contribution in [1.29, 1.82) is 0 Å². The van der Waals surface area contributed by atoms with Crippen molar-refractivity contribution < 1.29 is 88.5 Å². The molecule has 0 bridgehead atoms. The van der Waals surface area contributed by atoms with Gasteiger partial charge in [-0.05, 0) is 80.8 Å². The van der Waals surface area contributed by atoms with Crippen LogP contribution in [0, 0.1) is 5.92 Å². The van der Waals surface area contributed by atoms with E-state index in [4.69, 9.17) is 23.7 Å². The predicted octanol–water partition coefficient (Wildman–Crippen LogP) is -4.58. The van der Waals surface area contributed by atoms with Crippen LogP contribution in [0.25, 0.3) is 0 Å². The number of carboxylic acids is 6. The third-order valence-corrected chi connectivity index (χ3v) is 13.9. The van der Waals surface area contributed by atoms with Crippen LogP contribution < -0.4 is 43.4 Å². The molecule has 17 N–H and O–H groups in total. The highest BCUT2D eigenvalue weighted by Gasteiger charge is 2.35. The first kappa shape index (κ1) is 70.4. The van der Waals surface area contributed by atoms with Crippen molar-refractivity contribution in [3.63, 3.8) is 0 Å². The fourth-order valence-corrected chi connectivity index (χ4v) is 9.64. The Hall–Kier alpha value is -7.85. The molecule has 1 aromatic rings. The lowest BCUT2D eigenvalue weighted by Crippen LogP contribution is -2.59. The quantitative estimate of drug-likeness (QED) is 0.0140. The van der Waals surface area contributed by atoms with Crippen molar-refractivity contribution in [2.45, 2.75) is 101 Å². The second-order valence-corrected chi connectivity index (χ2v) is 21.0. The number of aliphatic hydroxyl groups excluding tert-OH is 1. The van der Waals surface area contributed by atoms with Crippen molar-refractivity contribution in [3.05, 3.63) is 29.8 Å². The van der Waals surface area contributed by atoms with Gasteiger partial charge in [-0.3, -0.25) is 72.5 Å². The van der Waals surface area contributed by atoms with Gasteiger partial charge in [0.15, 0.2) is 11.1 Å². The number of hydrogen-bond acceptors (Lipinski definition) is 18. The maximum atomic E-state index is 13.5. The fourth-order valence-electron chi connectivity index (χ4n) is 9.30. The van der Waals surface area contributed by atoms with E-state index in [1.807, 2.05) is 0 Å². The molecule has 32 nitrogen and oxygen atoms in total. The minimum Gasteiger partial charge on any atom is -0.481 e. The molecule has 2 fully saturated rings. The number of aliphatic carboxylic acids is 6. The van der Waals surface area contributed by atoms with Crippen LogP contribution in [0.5, 0.6) is 0 Å². The zero-order valence-electron chi connectivity index (χ0n) is 47.0. The Morgan fingerprint density at radius 1 is 0.643 bits per heavy atom. The van der Waals surface area contributed by atoms with Gasteiger partial charge in [-0.25, -0.2) is 4.79 Å². The summed E-state index contributed by atoms with van der Waals surface area (Å²) in [5.74, 6) is -12.6. The van der Waals surface area contributed by atoms with Crippen molar-refractivity contribution in [3.8, 4) is 0 Å². The summed E-state index contributed by atoms with van der Waals surface area (Å²) in [6, 6.07) is -1.31. The number of nitrogens with one attached hydrogen (secondary N) is 6. The van der Waals surface area contributed by atoms with Crippen LogP contribution in [0.3, 0.4) is 0 Å². The van der Waals surface area contributed by atoms with Crippen LogP contribution in [0.15, 0.2) is 29.3 Å². The summed E-state index contributed by atoms with van der Waals surface area (Å²) in [6.45, 7) is 2.28. The number of carbonyl (C=O) groups is 11. The van der Waals surface area contributed by atoms with Gasteiger partial charge in [0, 0.05) is 71.1 Å². The molecule has 3 rings (SSSR count). The van der Waals surface area contributed by atoms with Gasteiger partial charge in [0.1, 0.15) is 36.3 Å². The number of anilines is 1. The lowest BCUT2D eigenvalue weighted by molar-refractivity contribution is -0.145. The van der Waals surface area contributed by atoms with Gasteiger partial charge >= 0.3 is 35.8 Å². The number of carbonyl (C=O) groups excluding carboxylic acids is 5. The minimum absolute atomic E-state index is 0.0616. The Morgan fingerprint density at radius 3 is 1.64 bits per heavy atom. The molecule has 1 unspecified atom stereocenters. The molecule has 0 saturated carbocycles. The predicted molar refractivity (Wildman–Crippen MR) is 303 cm³/mol. The maximum absolute atomic E-state index is 13.5. The summed E-state index contributed by atoms with van der Waals surface area (Å²) in [5, 5.41) is 83.2. The molecular formula is C51H80N14O18S. The first-order valence-corrected chi connectivity index (χ1v) is 27.6. The average Bonchev–Trinajstić information content (AvgIpc) is 4.16. The molecule has 33 heteroatoms. The number of thiocarbonyl (C=S) groups is 1. The van der Waals surface area contributed by atoms with Gasteiger partial charge in [-0.2, -0.15) is 0 Å². The number of guanidine groups is 1. The summed E-state index contributed by atoms with van der Waals surface area (Å²) in [4.78, 5) is 150. The molecule has 2 aliphatic rings. The zero-order chi connectivity index (χ0) is 62.6. The first-order chi connectivity index (χ1) is 39.6. The van der Waals surface area contributed by atoms with Gasteiger partial charge in [-0.15, -0.1) is 0 Å². The Labute approximate surface area is 489 Å². The Balaban J connectivity index is 1.62. The molecule has 0 spiro atoms. The van der Waals surface area contributed by atoms with Crippen LogP contribution in [0.2, 0.25) is 0 Å². The molecule has 0 radical (unpaired) electrons. The summed E-state index contributed by atoms with van der Waals surface area (Å²) in [7, 11) is 0. The molecule has 6 atom stereocenters. The number of amides is 5. The highest BCUT2D eigenvalue weighted by atomic mass is 32.1. The number of likely N-dealkylation sites (tertiary alicyclic amines) is 1. The number of aliphatic hydroxyl groups is 1. The van der Waals surface area contributed by atoms with Crippen LogP contribution in [-0.2, 0) is 59.2 Å². The largest absolute Gasteiger partial charge is 0.481 e. The van der Waals surface area contributed by atoms with E-state index in [1.165, 1.54) is 0 Å². The molecule has 468 valence electrons. The molecule has 1 aromatic carbocycles. The Morgan fingerprint density at radius 2 is 1.15 bits per heavy atom. The average molecular weight is 1210 g/mol. The van der Waals surface area contributed by atoms with E-state index in [0.717, 1.165) is 5.56 Å². The number of hydrogen-bond donors (Lipinski definition) is 15. The number of aliphatic imine (C=N–C) groups is 1. The molecular weight excluding hydrogens is 1130 g/mol. The SMILES string of the molecule is CC(C)C[C@H](NC(=O)[C@H](CC(=O)O)NC(=O)CNC(=O)[C@@H]1CCCN1C(=S)Nc1ccc(CCC(C(=O)O)N2CCN(CC(=O)O)CCN(CC(=O)O)CCN(CC(=O)O)CC2)cc1)C(=O)N[C@@H](CO)C(=O)N[C@@H](CCCN=C(N)N)C(=O)O. The van der Waals surface area contributed by atoms with Crippen molar-refractivity contribution in [2.75, 3.05) is 104 Å². The van der Waals surface area contributed by atoms with Crippen LogP contribution in [0.4, 0.5) is 5.69 Å². The van der Waals surface area contributed by atoms with Gasteiger partial charge in [0.25, 0.3) is 0 Å². The Kier molecular flexibility index (Phi) is 30.2. The van der Waals surface area contributed by atoms with Crippen LogP contribution >= 0.6 is 12.2 Å². The van der Waals surface area contributed by atoms with Crippen LogP contribution in [-0.4, -0.2) is 271 Å². The Bertz CT molecular complexity index is 2460. The molecule has 0 aliphatic carbocycles. The molecule has 2 saturated heterocycles. The van der Waals surface area contributed by atoms with Gasteiger partial charge in [-0.1, -0.05) is 26.0 Å². The molecule has 2 aliphatic heterocycles. The van der Waals surface area contributed by atoms with E-state index in [1.54, 1.807) is 62.6 Å². The molecule has 0 aromatic heterocycles. The third-order valence-electron chi connectivity index (χ3n) is 13.6. The smallest absolute Gasteiger partial charge is 0.326 e. The van der Waals surface area contributed by atoms with Crippen molar-refractivity contribution >= 4 is 94.3 Å². The van der Waals surface area contributed by atoms with E-state index in [0.29, 0.717) is 25.1 Å². The van der Waals surface area contributed by atoms with Crippen molar-refractivity contribution in [1.82, 2.24) is 51.1 Å². The van der Waals surface area contributed by atoms with Gasteiger partial charge in [0.2, 0.25) is 29.5 Å². The number of rotatable bonds is 32. The van der Waals surface area contributed by atoms with E-state index >= 15 is 0 Å². The number of carboxylic acid groups (broad SMARTS) is 6. The number of aryl methyl sites for hydroxylation is 1. The summed E-state index contributed by atoms with van der Waals surface area (Å²) < 4.78 is 0. The highest BCUT2D eigenvalue weighted by Crippen LogP contribution is 2.21. The van der Waals surface area contributed by atoms with Crippen molar-refractivity contribution in [2.24, 2.45) is 22.4 Å². The number of nitrogens with two attached hydrogens (primary N) is 2. The second kappa shape index (κ2) is 36.0. The molecule has 84 heavy (non-hydrogen) atoms. The highest BCUT2D eigenvalue weighted by molar-refractivity contribution is 7.80. The summed E-state index contributed by atoms with van der Waals surface area (Å²) >= 11 is 5.68. The van der Waals surface area contributed by atoms with E-state index < -0.39 is 121 Å². The normalized spacial score (nSPS) is 17.5. The third kappa shape index (κ3) is 26.2. The summed E-state index contributed by atoms with van der Waals surface area (Å²) in [5.41, 5.74) is 11.8.